The number of rotatable bonds is 6. The molecule has 40 heavy (non-hydrogen) atoms. The zero-order valence-corrected chi connectivity index (χ0v) is 20.9. The Labute approximate surface area is 224 Å². The molecule has 0 radical (unpaired) electrons. The van der Waals surface area contributed by atoms with Gasteiger partial charge in [0.05, 0.1) is 12.8 Å². The molecule has 0 aliphatic carbocycles. The predicted molar refractivity (Wildman–Crippen MR) is 132 cm³/mol. The van der Waals surface area contributed by atoms with Gasteiger partial charge >= 0.3 is 0 Å². The van der Waals surface area contributed by atoms with Crippen molar-refractivity contribution >= 4 is 21.9 Å². The molecule has 1 atom stereocenters. The number of benzene rings is 4. The van der Waals surface area contributed by atoms with E-state index < -0.39 is 62.4 Å². The Morgan fingerprint density at radius 1 is 0.750 bits per heavy atom. The minimum atomic E-state index is -3.02. The molecule has 4 aromatic carbocycles. The van der Waals surface area contributed by atoms with E-state index >= 15 is 4.39 Å². The molecule has 4 nitrogen and oxygen atoms in total. The van der Waals surface area contributed by atoms with Crippen LogP contribution in [0.15, 0.2) is 71.8 Å². The van der Waals surface area contributed by atoms with Crippen LogP contribution in [0.4, 0.5) is 30.7 Å². The lowest BCUT2D eigenvalue weighted by molar-refractivity contribution is 0.352. The van der Waals surface area contributed by atoms with Gasteiger partial charge in [-0.25, -0.2) is 26.2 Å². The maximum Gasteiger partial charge on any atom is 0.243 e. The molecule has 0 bridgehead atoms. The molecule has 0 aliphatic rings. The monoisotopic (exact) mass is 577 g/mol. The lowest BCUT2D eigenvalue weighted by Gasteiger charge is -2.14. The van der Waals surface area contributed by atoms with Gasteiger partial charge in [-0.15, -0.1) is 0 Å². The molecule has 1 heterocycles. The third-order valence-electron chi connectivity index (χ3n) is 5.94. The Morgan fingerprint density at radius 2 is 1.43 bits per heavy atom. The normalized spacial score (nSPS) is 12.0. The number of methoxy groups -OCH3 is 1. The summed E-state index contributed by atoms with van der Waals surface area (Å²) in [5, 5.41) is 0.473. The summed E-state index contributed by atoms with van der Waals surface area (Å²) in [4.78, 5) is 3.58. The van der Waals surface area contributed by atoms with Crippen molar-refractivity contribution in [2.75, 3.05) is 7.11 Å². The summed E-state index contributed by atoms with van der Waals surface area (Å²) in [7, 11) is 1.40. The largest absolute Gasteiger partial charge is 0.496 e. The van der Waals surface area contributed by atoms with Crippen molar-refractivity contribution in [3.63, 3.8) is 0 Å². The number of halogens is 7. The van der Waals surface area contributed by atoms with Crippen molar-refractivity contribution in [3.05, 3.63) is 108 Å². The fourth-order valence-electron chi connectivity index (χ4n) is 4.03. The van der Waals surface area contributed by atoms with Gasteiger partial charge in [-0.3, -0.25) is 4.98 Å². The highest BCUT2D eigenvalue weighted by molar-refractivity contribution is 7.80. The van der Waals surface area contributed by atoms with E-state index in [1.807, 2.05) is 0 Å². The molecule has 0 saturated carbocycles. The first-order chi connectivity index (χ1) is 19.1. The zero-order valence-electron chi connectivity index (χ0n) is 20.1. The van der Waals surface area contributed by atoms with Gasteiger partial charge < -0.3 is 8.92 Å². The number of nitrogens with zero attached hydrogens (tertiary/aromatic N) is 1. The lowest BCUT2D eigenvalue weighted by Crippen LogP contribution is -2.10. The van der Waals surface area contributed by atoms with E-state index in [0.29, 0.717) is 22.4 Å². The summed E-state index contributed by atoms with van der Waals surface area (Å²) in [6.45, 7) is 0. The second kappa shape index (κ2) is 10.6. The number of hydrogen-bond donors (Lipinski definition) is 0. The second-order valence-electron chi connectivity index (χ2n) is 8.31. The van der Waals surface area contributed by atoms with Crippen molar-refractivity contribution in [1.29, 1.82) is 0 Å². The Kier molecular flexibility index (Phi) is 7.19. The van der Waals surface area contributed by atoms with E-state index in [2.05, 4.69) is 9.17 Å². The molecule has 5 rings (SSSR count). The van der Waals surface area contributed by atoms with Gasteiger partial charge in [-0.2, -0.15) is 8.78 Å². The Bertz CT molecular complexity index is 1800. The number of hydrogen-bond acceptors (Lipinski definition) is 4. The standard InChI is InChI=1S/C28H14F7NO3S/c1-38-20-10-14(13-3-2-4-16(29)9-13)5-6-17(20)27-18-12-19(30)21(11-15(18)7-8-36-27)40(37)39-28-25(34)23(32)22(31)24(33)26(28)35/h2-12H,1H3. The summed E-state index contributed by atoms with van der Waals surface area (Å²) in [6.07, 6.45) is 1.35. The number of ether oxygens (including phenoxy) is 1. The molecular weight excluding hydrogens is 563 g/mol. The van der Waals surface area contributed by atoms with Gasteiger partial charge in [0.25, 0.3) is 0 Å². The summed E-state index contributed by atoms with van der Waals surface area (Å²) in [5.41, 5.74) is 1.90. The highest BCUT2D eigenvalue weighted by atomic mass is 32.2. The van der Waals surface area contributed by atoms with Crippen LogP contribution in [0.1, 0.15) is 0 Å². The first-order valence-electron chi connectivity index (χ1n) is 11.2. The molecule has 5 aromatic rings. The fraction of sp³-hybridized carbons (Fsp3) is 0.0357. The zero-order chi connectivity index (χ0) is 28.7. The van der Waals surface area contributed by atoms with E-state index in [0.717, 1.165) is 12.1 Å². The van der Waals surface area contributed by atoms with Gasteiger partial charge in [0.1, 0.15) is 22.3 Å². The fourth-order valence-corrected chi connectivity index (χ4v) is 4.86. The quantitative estimate of drug-likeness (QED) is 0.118. The third-order valence-corrected chi connectivity index (χ3v) is 6.93. The van der Waals surface area contributed by atoms with Crippen molar-refractivity contribution in [1.82, 2.24) is 4.98 Å². The summed E-state index contributed by atoms with van der Waals surface area (Å²) < 4.78 is 120. The highest BCUT2D eigenvalue weighted by Gasteiger charge is 2.29. The third kappa shape index (κ3) is 4.75. The number of pyridine rings is 1. The van der Waals surface area contributed by atoms with Crippen LogP contribution in [0.25, 0.3) is 33.2 Å². The van der Waals surface area contributed by atoms with Crippen molar-refractivity contribution in [2.24, 2.45) is 0 Å². The van der Waals surface area contributed by atoms with E-state index in [1.165, 1.54) is 31.5 Å². The van der Waals surface area contributed by atoms with E-state index in [4.69, 9.17) is 4.74 Å². The van der Waals surface area contributed by atoms with Gasteiger partial charge in [0, 0.05) is 17.1 Å². The van der Waals surface area contributed by atoms with Crippen LogP contribution < -0.4 is 8.92 Å². The average molecular weight is 577 g/mol. The first kappa shape index (κ1) is 27.1. The van der Waals surface area contributed by atoms with Crippen molar-refractivity contribution in [3.8, 4) is 33.9 Å². The summed E-state index contributed by atoms with van der Waals surface area (Å²) >= 11 is -3.02. The molecule has 0 aliphatic heterocycles. The predicted octanol–water partition coefficient (Wildman–Crippen LogP) is 7.65. The smallest absolute Gasteiger partial charge is 0.243 e. The molecule has 0 spiro atoms. The molecule has 0 N–H and O–H groups in total. The van der Waals surface area contributed by atoms with Crippen LogP contribution in [0.5, 0.6) is 11.5 Å². The first-order valence-corrected chi connectivity index (χ1v) is 12.3. The van der Waals surface area contributed by atoms with Crippen LogP contribution in [-0.4, -0.2) is 16.3 Å². The molecule has 12 heteroatoms. The van der Waals surface area contributed by atoms with Crippen LogP contribution in [0.2, 0.25) is 0 Å². The van der Waals surface area contributed by atoms with Crippen LogP contribution >= 0.6 is 0 Å². The molecule has 204 valence electrons. The second-order valence-corrected chi connectivity index (χ2v) is 9.38. The Hall–Kier alpha value is -4.45. The van der Waals surface area contributed by atoms with Gasteiger partial charge in [-0.05, 0) is 59.0 Å². The SMILES string of the molecule is COc1cc(-c2cccc(F)c2)ccc1-c1nccc2cc(S(=O)Oc3c(F)c(F)c(F)c(F)c3F)c(F)cc12. The number of aromatic nitrogens is 1. The average Bonchev–Trinajstić information content (AvgIpc) is 2.96. The van der Waals surface area contributed by atoms with E-state index in [9.17, 15) is 30.6 Å². The molecule has 0 saturated heterocycles. The van der Waals surface area contributed by atoms with Gasteiger partial charge in [0.15, 0.2) is 0 Å². The minimum absolute atomic E-state index is 0.216. The number of fused-ring (bicyclic) bond motifs is 1. The maximum atomic E-state index is 15.1. The molecule has 0 amide bonds. The van der Waals surface area contributed by atoms with Crippen molar-refractivity contribution in [2.45, 2.75) is 4.90 Å². The van der Waals surface area contributed by atoms with Crippen molar-refractivity contribution < 1.29 is 43.9 Å². The molecule has 1 unspecified atom stereocenters. The molecule has 1 aromatic heterocycles. The van der Waals surface area contributed by atoms with E-state index in [1.54, 1.807) is 30.3 Å². The van der Waals surface area contributed by atoms with Gasteiger partial charge in [-0.1, -0.05) is 18.2 Å². The van der Waals surface area contributed by atoms with Crippen LogP contribution in [-0.2, 0) is 11.1 Å². The minimum Gasteiger partial charge on any atom is -0.496 e. The summed E-state index contributed by atoms with van der Waals surface area (Å²) in [6, 6.07) is 14.3. The molecule has 0 fully saturated rings. The van der Waals surface area contributed by atoms with E-state index in [-0.39, 0.29) is 16.5 Å². The van der Waals surface area contributed by atoms with Crippen LogP contribution in [0, 0.1) is 40.7 Å². The van der Waals surface area contributed by atoms with Crippen LogP contribution in [0.3, 0.4) is 0 Å². The Balaban J connectivity index is 1.56. The summed E-state index contributed by atoms with van der Waals surface area (Å²) in [5.74, 6) is -14.8. The highest BCUT2D eigenvalue weighted by Crippen LogP contribution is 2.38. The maximum absolute atomic E-state index is 15.1. The lowest BCUT2D eigenvalue weighted by atomic mass is 9.99. The Morgan fingerprint density at radius 3 is 2.10 bits per heavy atom. The topological polar surface area (TPSA) is 48.4 Å². The molecular formula is C28H14F7NO3S. The van der Waals surface area contributed by atoms with Gasteiger partial charge in [0.2, 0.25) is 45.9 Å².